The standard InChI is InChI=1S/C14H18N2OS/c1-14(2)5-7-16(10-14)13(17)11-8-12(18-9-11)4-3-6-15/h8-9H,5-7,10,15H2,1-2H3. The zero-order valence-electron chi connectivity index (χ0n) is 10.8. The molecule has 3 nitrogen and oxygen atoms in total. The molecule has 0 radical (unpaired) electrons. The molecule has 0 bridgehead atoms. The molecule has 2 N–H and O–H groups in total. The van der Waals surface area contributed by atoms with Gasteiger partial charge in [-0.2, -0.15) is 0 Å². The van der Waals surface area contributed by atoms with Crippen LogP contribution in [0.5, 0.6) is 0 Å². The van der Waals surface area contributed by atoms with Crippen LogP contribution in [0.2, 0.25) is 0 Å². The van der Waals surface area contributed by atoms with Gasteiger partial charge in [0.2, 0.25) is 0 Å². The average molecular weight is 262 g/mol. The molecule has 0 atom stereocenters. The zero-order chi connectivity index (χ0) is 13.2. The second-order valence-electron chi connectivity index (χ2n) is 5.35. The number of hydrogen-bond acceptors (Lipinski definition) is 3. The minimum atomic E-state index is 0.123. The van der Waals surface area contributed by atoms with E-state index < -0.39 is 0 Å². The molecular weight excluding hydrogens is 244 g/mol. The predicted molar refractivity (Wildman–Crippen MR) is 74.6 cm³/mol. The van der Waals surface area contributed by atoms with E-state index >= 15 is 0 Å². The van der Waals surface area contributed by atoms with Crippen molar-refractivity contribution in [2.75, 3.05) is 19.6 Å². The second-order valence-corrected chi connectivity index (χ2v) is 6.26. The number of nitrogens with two attached hydrogens (primary N) is 1. The Hall–Kier alpha value is -1.31. The Morgan fingerprint density at radius 3 is 3.00 bits per heavy atom. The number of likely N-dealkylation sites (tertiary alicyclic amines) is 1. The van der Waals surface area contributed by atoms with Crippen molar-refractivity contribution in [1.82, 2.24) is 4.90 Å². The first-order chi connectivity index (χ1) is 8.52. The van der Waals surface area contributed by atoms with Gasteiger partial charge in [0.05, 0.1) is 17.0 Å². The topological polar surface area (TPSA) is 46.3 Å². The van der Waals surface area contributed by atoms with E-state index in [0.29, 0.717) is 6.54 Å². The van der Waals surface area contributed by atoms with Gasteiger partial charge in [0.1, 0.15) is 0 Å². The zero-order valence-corrected chi connectivity index (χ0v) is 11.6. The van der Waals surface area contributed by atoms with Gasteiger partial charge in [0.25, 0.3) is 5.91 Å². The van der Waals surface area contributed by atoms with E-state index in [9.17, 15) is 4.79 Å². The molecular formula is C14H18N2OS. The lowest BCUT2D eigenvalue weighted by molar-refractivity contribution is 0.0779. The summed E-state index contributed by atoms with van der Waals surface area (Å²) in [4.78, 5) is 15.1. The highest BCUT2D eigenvalue weighted by Crippen LogP contribution is 2.30. The number of carbonyl (C=O) groups excluding carboxylic acids is 1. The van der Waals surface area contributed by atoms with E-state index in [0.717, 1.165) is 30.0 Å². The van der Waals surface area contributed by atoms with Crippen molar-refractivity contribution >= 4 is 17.2 Å². The maximum absolute atomic E-state index is 12.3. The van der Waals surface area contributed by atoms with Crippen molar-refractivity contribution in [2.45, 2.75) is 20.3 Å². The SMILES string of the molecule is CC1(C)CCN(C(=O)c2csc(C#CCN)c2)C1. The summed E-state index contributed by atoms with van der Waals surface area (Å²) in [6, 6.07) is 1.86. The normalized spacial score (nSPS) is 17.4. The lowest BCUT2D eigenvalue weighted by Gasteiger charge is -2.19. The molecule has 0 aromatic carbocycles. The molecule has 1 amide bonds. The third kappa shape index (κ3) is 2.92. The van der Waals surface area contributed by atoms with Crippen molar-refractivity contribution in [1.29, 1.82) is 0 Å². The Bertz CT molecular complexity index is 507. The highest BCUT2D eigenvalue weighted by molar-refractivity contribution is 7.10. The first kappa shape index (κ1) is 13.1. The number of carbonyl (C=O) groups is 1. The van der Waals surface area contributed by atoms with Crippen LogP contribution in [0.25, 0.3) is 0 Å². The molecule has 1 saturated heterocycles. The minimum Gasteiger partial charge on any atom is -0.338 e. The largest absolute Gasteiger partial charge is 0.338 e. The molecule has 1 aliphatic rings. The summed E-state index contributed by atoms with van der Waals surface area (Å²) in [5.74, 6) is 5.88. The van der Waals surface area contributed by atoms with E-state index in [4.69, 9.17) is 5.73 Å². The van der Waals surface area contributed by atoms with Gasteiger partial charge in [-0.1, -0.05) is 25.7 Å². The summed E-state index contributed by atoms with van der Waals surface area (Å²) in [5.41, 5.74) is 6.32. The van der Waals surface area contributed by atoms with Crippen LogP contribution in [-0.4, -0.2) is 30.4 Å². The van der Waals surface area contributed by atoms with Crippen LogP contribution in [0, 0.1) is 17.3 Å². The summed E-state index contributed by atoms with van der Waals surface area (Å²) in [5, 5.41) is 1.88. The minimum absolute atomic E-state index is 0.123. The Balaban J connectivity index is 2.08. The van der Waals surface area contributed by atoms with Crippen molar-refractivity contribution in [3.05, 3.63) is 21.9 Å². The van der Waals surface area contributed by atoms with Crippen LogP contribution >= 0.6 is 11.3 Å². The number of rotatable bonds is 1. The predicted octanol–water partition coefficient (Wildman–Crippen LogP) is 1.93. The maximum Gasteiger partial charge on any atom is 0.254 e. The molecule has 96 valence electrons. The lowest BCUT2D eigenvalue weighted by Crippen LogP contribution is -2.29. The molecule has 0 aliphatic carbocycles. The lowest BCUT2D eigenvalue weighted by atomic mass is 9.93. The Morgan fingerprint density at radius 2 is 2.39 bits per heavy atom. The van der Waals surface area contributed by atoms with E-state index in [1.54, 1.807) is 0 Å². The monoisotopic (exact) mass is 262 g/mol. The molecule has 1 aliphatic heterocycles. The van der Waals surface area contributed by atoms with Gasteiger partial charge in [-0.3, -0.25) is 4.79 Å². The first-order valence-corrected chi connectivity index (χ1v) is 6.96. The summed E-state index contributed by atoms with van der Waals surface area (Å²) in [7, 11) is 0. The molecule has 0 spiro atoms. The van der Waals surface area contributed by atoms with E-state index in [2.05, 4.69) is 25.7 Å². The van der Waals surface area contributed by atoms with Crippen LogP contribution < -0.4 is 5.73 Å². The highest BCUT2D eigenvalue weighted by atomic mass is 32.1. The van der Waals surface area contributed by atoms with E-state index in [1.165, 1.54) is 11.3 Å². The van der Waals surface area contributed by atoms with Gasteiger partial charge in [-0.25, -0.2) is 0 Å². The molecule has 18 heavy (non-hydrogen) atoms. The molecule has 2 heterocycles. The molecule has 0 saturated carbocycles. The van der Waals surface area contributed by atoms with Gasteiger partial charge in [0.15, 0.2) is 0 Å². The quantitative estimate of drug-likeness (QED) is 0.786. The van der Waals surface area contributed by atoms with Crippen molar-refractivity contribution in [3.8, 4) is 11.8 Å². The van der Waals surface area contributed by atoms with Gasteiger partial charge >= 0.3 is 0 Å². The fourth-order valence-electron chi connectivity index (χ4n) is 2.12. The molecule has 1 aromatic rings. The molecule has 1 aromatic heterocycles. The van der Waals surface area contributed by atoms with Crippen LogP contribution in [0.4, 0.5) is 0 Å². The van der Waals surface area contributed by atoms with E-state index in [-0.39, 0.29) is 11.3 Å². The van der Waals surface area contributed by atoms with Crippen LogP contribution in [0.1, 0.15) is 35.5 Å². The highest BCUT2D eigenvalue weighted by Gasteiger charge is 2.32. The van der Waals surface area contributed by atoms with E-state index in [1.807, 2.05) is 16.3 Å². The van der Waals surface area contributed by atoms with Crippen molar-refractivity contribution < 1.29 is 4.79 Å². The Kier molecular flexibility index (Phi) is 3.74. The number of amides is 1. The Morgan fingerprint density at radius 1 is 1.61 bits per heavy atom. The number of hydrogen-bond donors (Lipinski definition) is 1. The number of thiophene rings is 1. The first-order valence-electron chi connectivity index (χ1n) is 6.08. The second kappa shape index (κ2) is 5.13. The Labute approximate surface area is 112 Å². The fourth-order valence-corrected chi connectivity index (χ4v) is 2.87. The van der Waals surface area contributed by atoms with Gasteiger partial charge < -0.3 is 10.6 Å². The van der Waals surface area contributed by atoms with Crippen molar-refractivity contribution in [3.63, 3.8) is 0 Å². The molecule has 4 heteroatoms. The van der Waals surface area contributed by atoms with Crippen LogP contribution in [0.15, 0.2) is 11.4 Å². The third-order valence-electron chi connectivity index (χ3n) is 3.12. The molecule has 2 rings (SSSR count). The molecule has 0 unspecified atom stereocenters. The maximum atomic E-state index is 12.3. The van der Waals surface area contributed by atoms with Crippen molar-refractivity contribution in [2.24, 2.45) is 11.1 Å². The van der Waals surface area contributed by atoms with Crippen LogP contribution in [0.3, 0.4) is 0 Å². The summed E-state index contributed by atoms with van der Waals surface area (Å²) in [6.07, 6.45) is 1.07. The third-order valence-corrected chi connectivity index (χ3v) is 3.97. The van der Waals surface area contributed by atoms with Gasteiger partial charge in [0, 0.05) is 18.5 Å². The van der Waals surface area contributed by atoms with Gasteiger partial charge in [-0.15, -0.1) is 11.3 Å². The summed E-state index contributed by atoms with van der Waals surface area (Å²) in [6.45, 7) is 6.44. The molecule has 1 fully saturated rings. The summed E-state index contributed by atoms with van der Waals surface area (Å²) < 4.78 is 0. The number of nitrogens with zero attached hydrogens (tertiary/aromatic N) is 1. The fraction of sp³-hybridized carbons (Fsp3) is 0.500. The summed E-state index contributed by atoms with van der Waals surface area (Å²) >= 11 is 1.50. The average Bonchev–Trinajstić information content (AvgIpc) is 2.92. The smallest absolute Gasteiger partial charge is 0.254 e. The van der Waals surface area contributed by atoms with Gasteiger partial charge in [-0.05, 0) is 17.9 Å². The van der Waals surface area contributed by atoms with Crippen LogP contribution in [-0.2, 0) is 0 Å².